The van der Waals surface area contributed by atoms with Crippen LogP contribution in [0.5, 0.6) is 0 Å². The number of nitrogens with zero attached hydrogens (tertiary/aromatic N) is 1. The largest absolute Gasteiger partial charge is 0.330 e. The van der Waals surface area contributed by atoms with Gasteiger partial charge in [-0.2, -0.15) is 0 Å². The van der Waals surface area contributed by atoms with Crippen molar-refractivity contribution in [3.63, 3.8) is 0 Å². The SMILES string of the molecule is O=c1[nH]c(=O)n(Cc2ccccc2)c2c1C[NH+](CCCc1ccccc1)CN2. The third kappa shape index (κ3) is 4.07. The smallest absolute Gasteiger partial charge is 0.324 e. The van der Waals surface area contributed by atoms with Crippen LogP contribution in [0.2, 0.25) is 0 Å². The highest BCUT2D eigenvalue weighted by molar-refractivity contribution is 5.44. The predicted octanol–water partition coefficient (Wildman–Crippen LogP) is 0.986. The maximum atomic E-state index is 12.4. The van der Waals surface area contributed by atoms with Crippen molar-refractivity contribution in [1.29, 1.82) is 0 Å². The lowest BCUT2D eigenvalue weighted by molar-refractivity contribution is -0.912. The summed E-state index contributed by atoms with van der Waals surface area (Å²) in [4.78, 5) is 28.6. The molecule has 3 aromatic rings. The van der Waals surface area contributed by atoms with Crippen LogP contribution in [0.15, 0.2) is 70.3 Å². The van der Waals surface area contributed by atoms with Gasteiger partial charge in [-0.1, -0.05) is 60.7 Å². The molecule has 0 aliphatic carbocycles. The van der Waals surface area contributed by atoms with E-state index in [-0.39, 0.29) is 11.2 Å². The Kier molecular flexibility index (Phi) is 5.39. The number of quaternary nitrogens is 1. The summed E-state index contributed by atoms with van der Waals surface area (Å²) < 4.78 is 1.63. The maximum Gasteiger partial charge on any atom is 0.330 e. The molecule has 4 rings (SSSR count). The molecule has 6 nitrogen and oxygen atoms in total. The molecule has 28 heavy (non-hydrogen) atoms. The van der Waals surface area contributed by atoms with Crippen LogP contribution in [0.3, 0.4) is 0 Å². The number of rotatable bonds is 6. The van der Waals surface area contributed by atoms with Crippen molar-refractivity contribution in [2.75, 3.05) is 18.5 Å². The molecule has 1 aliphatic heterocycles. The molecule has 0 saturated heterocycles. The second-order valence-electron chi connectivity index (χ2n) is 7.28. The van der Waals surface area contributed by atoms with Gasteiger partial charge in [0.1, 0.15) is 17.9 Å². The van der Waals surface area contributed by atoms with E-state index >= 15 is 0 Å². The number of nitrogens with one attached hydrogen (secondary N) is 3. The fraction of sp³-hybridized carbons (Fsp3) is 0.273. The molecule has 3 N–H and O–H groups in total. The molecule has 0 radical (unpaired) electrons. The quantitative estimate of drug-likeness (QED) is 0.600. The summed E-state index contributed by atoms with van der Waals surface area (Å²) in [7, 11) is 0. The van der Waals surface area contributed by atoms with E-state index in [0.29, 0.717) is 31.1 Å². The van der Waals surface area contributed by atoms with Crippen LogP contribution in [0.4, 0.5) is 5.82 Å². The van der Waals surface area contributed by atoms with E-state index in [1.54, 1.807) is 4.57 Å². The molecular formula is C22H25N4O2+. The Bertz CT molecular complexity index is 1040. The summed E-state index contributed by atoms with van der Waals surface area (Å²) in [6.45, 7) is 2.74. The summed E-state index contributed by atoms with van der Waals surface area (Å²) in [5, 5.41) is 3.34. The van der Waals surface area contributed by atoms with Crippen molar-refractivity contribution in [3.05, 3.63) is 98.2 Å². The average molecular weight is 377 g/mol. The van der Waals surface area contributed by atoms with Crippen LogP contribution >= 0.6 is 0 Å². The Morgan fingerprint density at radius 3 is 2.32 bits per heavy atom. The van der Waals surface area contributed by atoms with Gasteiger partial charge in [0, 0.05) is 6.42 Å². The molecule has 0 fully saturated rings. The fourth-order valence-corrected chi connectivity index (χ4v) is 3.78. The van der Waals surface area contributed by atoms with Crippen molar-refractivity contribution in [3.8, 4) is 0 Å². The van der Waals surface area contributed by atoms with E-state index in [2.05, 4.69) is 34.6 Å². The van der Waals surface area contributed by atoms with Gasteiger partial charge in [0.25, 0.3) is 5.56 Å². The average Bonchev–Trinajstić information content (AvgIpc) is 2.73. The van der Waals surface area contributed by atoms with Gasteiger partial charge in [0.05, 0.1) is 13.1 Å². The topological polar surface area (TPSA) is 71.3 Å². The van der Waals surface area contributed by atoms with E-state index in [1.807, 2.05) is 36.4 Å². The molecule has 1 atom stereocenters. The maximum absolute atomic E-state index is 12.4. The second-order valence-corrected chi connectivity index (χ2v) is 7.28. The highest BCUT2D eigenvalue weighted by Crippen LogP contribution is 2.12. The van der Waals surface area contributed by atoms with Gasteiger partial charge in [-0.3, -0.25) is 14.3 Å². The minimum Gasteiger partial charge on any atom is -0.324 e. The molecule has 0 amide bonds. The number of H-pyrrole nitrogens is 1. The van der Waals surface area contributed by atoms with Crippen molar-refractivity contribution >= 4 is 5.82 Å². The van der Waals surface area contributed by atoms with Crippen LogP contribution < -0.4 is 21.5 Å². The first-order chi connectivity index (χ1) is 13.7. The van der Waals surface area contributed by atoms with Gasteiger partial charge in [-0.15, -0.1) is 0 Å². The first kappa shape index (κ1) is 18.3. The standard InChI is InChI=1S/C22H24N4O2/c27-21-19-15-25(13-7-12-17-8-3-1-4-9-17)16-23-20(19)26(22(28)24-21)14-18-10-5-2-6-11-18/h1-6,8-11,23H,7,12-16H2,(H,24,27,28)/p+1. The van der Waals surface area contributed by atoms with Crippen molar-refractivity contribution < 1.29 is 4.90 Å². The molecule has 1 unspecified atom stereocenters. The molecule has 2 heterocycles. The summed E-state index contributed by atoms with van der Waals surface area (Å²) in [6.07, 6.45) is 2.08. The summed E-state index contributed by atoms with van der Waals surface area (Å²) in [5.41, 5.74) is 2.38. The highest BCUT2D eigenvalue weighted by Gasteiger charge is 2.25. The number of aryl methyl sites for hydroxylation is 1. The number of hydrogen-bond donors (Lipinski definition) is 3. The molecule has 0 bridgehead atoms. The predicted molar refractivity (Wildman–Crippen MR) is 110 cm³/mol. The van der Waals surface area contributed by atoms with Gasteiger partial charge < -0.3 is 10.2 Å². The molecule has 0 saturated carbocycles. The summed E-state index contributed by atoms with van der Waals surface area (Å²) in [6, 6.07) is 20.2. The monoisotopic (exact) mass is 377 g/mol. The molecule has 0 spiro atoms. The Balaban J connectivity index is 1.48. The molecule has 144 valence electrons. The fourth-order valence-electron chi connectivity index (χ4n) is 3.78. The van der Waals surface area contributed by atoms with Crippen LogP contribution in [-0.4, -0.2) is 22.8 Å². The minimum atomic E-state index is -0.368. The Morgan fingerprint density at radius 1 is 0.929 bits per heavy atom. The zero-order chi connectivity index (χ0) is 19.3. The lowest BCUT2D eigenvalue weighted by atomic mass is 10.1. The first-order valence-corrected chi connectivity index (χ1v) is 9.72. The molecular weight excluding hydrogens is 352 g/mol. The van der Waals surface area contributed by atoms with Crippen LogP contribution in [0.25, 0.3) is 0 Å². The molecule has 2 aromatic carbocycles. The van der Waals surface area contributed by atoms with Gasteiger partial charge in [0.2, 0.25) is 0 Å². The van der Waals surface area contributed by atoms with Crippen molar-refractivity contribution in [2.24, 2.45) is 0 Å². The lowest BCUT2D eigenvalue weighted by Gasteiger charge is -2.28. The van der Waals surface area contributed by atoms with Crippen LogP contribution in [0, 0.1) is 0 Å². The minimum absolute atomic E-state index is 0.280. The molecule has 1 aliphatic rings. The first-order valence-electron chi connectivity index (χ1n) is 9.72. The van der Waals surface area contributed by atoms with Gasteiger partial charge >= 0.3 is 5.69 Å². The number of fused-ring (bicyclic) bond motifs is 1. The third-order valence-corrected chi connectivity index (χ3v) is 5.25. The van der Waals surface area contributed by atoms with Crippen LogP contribution in [0.1, 0.15) is 23.1 Å². The van der Waals surface area contributed by atoms with E-state index < -0.39 is 0 Å². The van der Waals surface area contributed by atoms with Gasteiger partial charge in [0.15, 0.2) is 6.67 Å². The molecule has 1 aromatic heterocycles. The highest BCUT2D eigenvalue weighted by atomic mass is 16.2. The third-order valence-electron chi connectivity index (χ3n) is 5.25. The molecule has 6 heteroatoms. The number of benzene rings is 2. The van der Waals surface area contributed by atoms with Gasteiger partial charge in [-0.25, -0.2) is 4.79 Å². The zero-order valence-corrected chi connectivity index (χ0v) is 15.8. The number of hydrogen-bond acceptors (Lipinski definition) is 3. The van der Waals surface area contributed by atoms with Crippen LogP contribution in [-0.2, 0) is 19.5 Å². The van der Waals surface area contributed by atoms with E-state index in [0.717, 1.165) is 24.9 Å². The van der Waals surface area contributed by atoms with E-state index in [9.17, 15) is 9.59 Å². The number of anilines is 1. The van der Waals surface area contributed by atoms with Crippen molar-refractivity contribution in [1.82, 2.24) is 9.55 Å². The Hall–Kier alpha value is -3.12. The Labute approximate surface area is 163 Å². The lowest BCUT2D eigenvalue weighted by Crippen LogP contribution is -3.12. The zero-order valence-electron chi connectivity index (χ0n) is 15.8. The number of aromatic amines is 1. The van der Waals surface area contributed by atoms with E-state index in [1.165, 1.54) is 10.5 Å². The number of aromatic nitrogens is 2. The van der Waals surface area contributed by atoms with Gasteiger partial charge in [-0.05, 0) is 17.5 Å². The Morgan fingerprint density at radius 2 is 1.61 bits per heavy atom. The second kappa shape index (κ2) is 8.27. The summed E-state index contributed by atoms with van der Waals surface area (Å²) in [5.74, 6) is 0.657. The van der Waals surface area contributed by atoms with Crippen molar-refractivity contribution in [2.45, 2.75) is 25.9 Å². The van der Waals surface area contributed by atoms with E-state index in [4.69, 9.17) is 0 Å². The normalized spacial score (nSPS) is 15.6. The summed E-state index contributed by atoms with van der Waals surface area (Å²) >= 11 is 0.